The Kier molecular flexibility index (Phi) is 27.4. The fourth-order valence-electron chi connectivity index (χ4n) is 0.754. The Hall–Kier alpha value is 0.998. The average molecular weight is 584 g/mol. The molecule has 2 aromatic heterocycles. The molecule has 0 spiro atoms. The molecule has 0 atom stereocenters. The van der Waals surface area contributed by atoms with E-state index in [9.17, 15) is 0 Å². The van der Waals surface area contributed by atoms with Gasteiger partial charge < -0.3 is 60.9 Å². The van der Waals surface area contributed by atoms with Crippen LogP contribution < -0.4 is 50.9 Å². The van der Waals surface area contributed by atoms with Crippen LogP contribution in [0.15, 0.2) is 48.8 Å². The van der Waals surface area contributed by atoms with Gasteiger partial charge in [0, 0.05) is 12.4 Å². The van der Waals surface area contributed by atoms with Crippen molar-refractivity contribution in [1.82, 2.24) is 9.97 Å². The molecule has 0 fully saturated rings. The summed E-state index contributed by atoms with van der Waals surface area (Å²) in [7, 11) is 0. The van der Waals surface area contributed by atoms with Gasteiger partial charge in [0.2, 0.25) is 0 Å². The van der Waals surface area contributed by atoms with Crippen LogP contribution in [0.1, 0.15) is 0 Å². The summed E-state index contributed by atoms with van der Waals surface area (Å²) < 4.78 is 1.56. The second-order valence-corrected chi connectivity index (χ2v) is 3.33. The van der Waals surface area contributed by atoms with Gasteiger partial charge in [0.1, 0.15) is 9.28 Å². The Morgan fingerprint density at radius 1 is 0.667 bits per heavy atom. The van der Waals surface area contributed by atoms with Crippen LogP contribution in [0.25, 0.3) is 0 Å². The van der Waals surface area contributed by atoms with E-state index in [1.807, 2.05) is 48.8 Å². The van der Waals surface area contributed by atoms with Crippen molar-refractivity contribution in [2.24, 2.45) is 0 Å². The van der Waals surface area contributed by atoms with Crippen LogP contribution in [0.3, 0.4) is 0 Å². The minimum atomic E-state index is 0. The van der Waals surface area contributed by atoms with Crippen LogP contribution in [-0.4, -0.2) is 34.4 Å². The molecule has 2 heterocycles. The van der Waals surface area contributed by atoms with E-state index in [0.717, 1.165) is 9.28 Å². The Bertz CT molecular complexity index is 410. The number of hydrogen-bond acceptors (Lipinski definition) is 2. The summed E-state index contributed by atoms with van der Waals surface area (Å²) in [6, 6.07) is 11.3. The van der Waals surface area contributed by atoms with E-state index < -0.39 is 0 Å². The molecule has 98 valence electrons. The van der Waals surface area contributed by atoms with E-state index in [2.05, 4.69) is 9.97 Å². The number of aromatic nitrogens is 2. The van der Waals surface area contributed by atoms with Gasteiger partial charge >= 0.3 is 24.4 Å². The largest absolute Gasteiger partial charge is 3.00 e. The number of hydrogen-bond donors (Lipinski definition) is 2. The van der Waals surface area contributed by atoms with Gasteiger partial charge in [0.05, 0.1) is 0 Å². The van der Waals surface area contributed by atoms with Gasteiger partial charge in [-0.15, -0.1) is 0 Å². The Morgan fingerprint density at radius 2 is 1.00 bits per heavy atom. The third-order valence-corrected chi connectivity index (χ3v) is 1.87. The predicted molar refractivity (Wildman–Crippen MR) is 69.0 cm³/mol. The van der Waals surface area contributed by atoms with Gasteiger partial charge in [-0.05, 0) is 24.3 Å². The first-order chi connectivity index (χ1) is 6.79. The smallest absolute Gasteiger partial charge is 1.00 e. The third kappa shape index (κ3) is 15.1. The van der Waals surface area contributed by atoms with Crippen LogP contribution in [0, 0.1) is 9.28 Å². The van der Waals surface area contributed by atoms with Crippen LogP contribution in [-0.2, 0) is 0 Å². The molecule has 0 aromatic carbocycles. The van der Waals surface area contributed by atoms with Gasteiger partial charge in [0.15, 0.2) is 0 Å². The molecule has 2 N–H and O–H groups in total. The maximum Gasteiger partial charge on any atom is 3.00 e. The molecule has 2 rings (SSSR count). The maximum atomic E-state index is 4.76. The molecule has 0 aliphatic carbocycles. The Balaban J connectivity index is -0.0000000891. The number of nitrogens with one attached hydrogen (secondary N) is 2. The first-order valence-corrected chi connectivity index (χ1v) is 4.88. The van der Waals surface area contributed by atoms with E-state index in [1.165, 1.54) is 0 Å². The molecule has 0 aliphatic heterocycles. The van der Waals surface area contributed by atoms with Crippen molar-refractivity contribution >= 4 is 48.9 Å². The molecular formula is C10H10Br3N2S2Sb. The zero-order valence-electron chi connectivity index (χ0n) is 9.02. The fraction of sp³-hybridized carbons (Fsp3) is 0. The summed E-state index contributed by atoms with van der Waals surface area (Å²) in [6.45, 7) is 0. The van der Waals surface area contributed by atoms with Crippen LogP contribution in [0.5, 0.6) is 0 Å². The second-order valence-electron chi connectivity index (χ2n) is 2.45. The standard InChI is InChI=1S/2C5H5NS.3BrH.Sb/c2*7-5-3-1-2-4-6-5;;;;/h2*1-4H,(H,6,7);3*1H;/q;;;;;+3/p-3. The first-order valence-electron chi connectivity index (χ1n) is 4.06. The molecule has 2 aromatic rings. The Labute approximate surface area is 166 Å². The molecule has 0 unspecified atom stereocenters. The monoisotopic (exact) mass is 580 g/mol. The van der Waals surface area contributed by atoms with Crippen LogP contribution in [0.4, 0.5) is 0 Å². The van der Waals surface area contributed by atoms with E-state index in [-0.39, 0.29) is 75.4 Å². The number of aromatic amines is 2. The molecule has 2 radical (unpaired) electrons. The van der Waals surface area contributed by atoms with Crippen LogP contribution >= 0.6 is 24.4 Å². The molecule has 0 amide bonds. The van der Waals surface area contributed by atoms with Crippen molar-refractivity contribution in [3.63, 3.8) is 0 Å². The molecule has 8 heteroatoms. The van der Waals surface area contributed by atoms with E-state index in [0.29, 0.717) is 0 Å². The van der Waals surface area contributed by atoms with Crippen molar-refractivity contribution in [3.8, 4) is 0 Å². The number of pyridine rings is 2. The zero-order valence-corrected chi connectivity index (χ0v) is 18.0. The minimum absolute atomic E-state index is 0. The van der Waals surface area contributed by atoms with Gasteiger partial charge in [-0.1, -0.05) is 36.6 Å². The fourth-order valence-corrected chi connectivity index (χ4v) is 1.05. The topological polar surface area (TPSA) is 31.6 Å². The summed E-state index contributed by atoms with van der Waals surface area (Å²) in [6.07, 6.45) is 3.62. The predicted octanol–water partition coefficient (Wildman–Crippen LogP) is -5.88. The van der Waals surface area contributed by atoms with Gasteiger partial charge in [-0.25, -0.2) is 0 Å². The molecule has 0 aliphatic rings. The number of rotatable bonds is 0. The molecular weight excluding hydrogens is 574 g/mol. The van der Waals surface area contributed by atoms with Crippen LogP contribution in [0.2, 0.25) is 0 Å². The molecule has 0 saturated heterocycles. The molecule has 18 heavy (non-hydrogen) atoms. The van der Waals surface area contributed by atoms with Gasteiger partial charge in [-0.2, -0.15) is 0 Å². The van der Waals surface area contributed by atoms with Crippen molar-refractivity contribution in [3.05, 3.63) is 58.1 Å². The normalized spacial score (nSPS) is 6.67. The average Bonchev–Trinajstić information content (AvgIpc) is 2.21. The summed E-state index contributed by atoms with van der Waals surface area (Å²) in [5, 5.41) is 0. The van der Waals surface area contributed by atoms with Crippen molar-refractivity contribution in [1.29, 1.82) is 0 Å². The summed E-state index contributed by atoms with van der Waals surface area (Å²) >= 11 is 9.51. The zero-order chi connectivity index (χ0) is 10.2. The minimum Gasteiger partial charge on any atom is -1.00 e. The molecule has 2 nitrogen and oxygen atoms in total. The SMILES string of the molecule is S=c1cccc[nH]1.S=c1cccc[nH]1.[Br-].[Br-].[Br-].[Sb+3]. The van der Waals surface area contributed by atoms with Crippen molar-refractivity contribution < 1.29 is 50.9 Å². The quantitative estimate of drug-likeness (QED) is 0.239. The van der Waals surface area contributed by atoms with Gasteiger partial charge in [-0.3, -0.25) is 0 Å². The number of halogens is 3. The van der Waals surface area contributed by atoms with Gasteiger partial charge in [0.25, 0.3) is 0 Å². The second kappa shape index (κ2) is 18.0. The van der Waals surface area contributed by atoms with E-state index in [1.54, 1.807) is 0 Å². The van der Waals surface area contributed by atoms with Crippen molar-refractivity contribution in [2.75, 3.05) is 0 Å². The van der Waals surface area contributed by atoms with Crippen molar-refractivity contribution in [2.45, 2.75) is 0 Å². The van der Waals surface area contributed by atoms with E-state index in [4.69, 9.17) is 24.4 Å². The maximum absolute atomic E-state index is 4.76. The summed E-state index contributed by atoms with van der Waals surface area (Å²) in [5.74, 6) is 0. The summed E-state index contributed by atoms with van der Waals surface area (Å²) in [5.41, 5.74) is 0. The molecule has 0 bridgehead atoms. The molecule has 0 saturated carbocycles. The number of H-pyrrole nitrogens is 2. The first kappa shape index (κ1) is 27.4. The third-order valence-electron chi connectivity index (χ3n) is 1.36. The van der Waals surface area contributed by atoms with E-state index >= 15 is 0 Å². The Morgan fingerprint density at radius 3 is 1.11 bits per heavy atom. The summed E-state index contributed by atoms with van der Waals surface area (Å²) in [4.78, 5) is 5.69.